The Morgan fingerprint density at radius 3 is 1.61 bits per heavy atom. The number of carboxylic acid groups (broad SMARTS) is 1. The molecule has 2 amide bonds. The maximum absolute atomic E-state index is 11.8. The summed E-state index contributed by atoms with van der Waals surface area (Å²) < 4.78 is 0. The molecule has 190 valence electrons. The van der Waals surface area contributed by atoms with E-state index in [-0.39, 0.29) is 29.8 Å². The van der Waals surface area contributed by atoms with Gasteiger partial charge in [0.15, 0.2) is 6.04 Å². The number of rotatable bonds is 7. The third-order valence-electron chi connectivity index (χ3n) is 4.99. The van der Waals surface area contributed by atoms with Crippen molar-refractivity contribution in [2.75, 3.05) is 13.2 Å². The smallest absolute Gasteiger partial charge is 0.328 e. The molecule has 14 heteroatoms. The molecule has 2 aromatic heterocycles. The minimum absolute atomic E-state index is 0.116. The molecule has 0 aliphatic heterocycles. The van der Waals surface area contributed by atoms with E-state index in [1.807, 2.05) is 0 Å². The molecule has 2 aromatic carbocycles. The zero-order valence-electron chi connectivity index (χ0n) is 18.9. The summed E-state index contributed by atoms with van der Waals surface area (Å²) in [5.41, 5.74) is 2.14. The number of H-pyrrole nitrogens is 4. The van der Waals surface area contributed by atoms with Crippen LogP contribution in [0.3, 0.4) is 0 Å². The van der Waals surface area contributed by atoms with Crippen LogP contribution in [-0.4, -0.2) is 78.3 Å². The fourth-order valence-electron chi connectivity index (χ4n) is 3.13. The number of aliphatic hydroxyl groups is 2. The average Bonchev–Trinajstić information content (AvgIpc) is 3.41. The highest BCUT2D eigenvalue weighted by Gasteiger charge is 2.19. The number of carboxylic acids is 1. The Labute approximate surface area is 201 Å². The monoisotopic (exact) mass is 500 g/mol. The highest BCUT2D eigenvalue weighted by Crippen LogP contribution is 2.11. The van der Waals surface area contributed by atoms with Gasteiger partial charge in [0.2, 0.25) is 0 Å². The van der Waals surface area contributed by atoms with E-state index in [1.165, 1.54) is 18.2 Å². The average molecular weight is 500 g/mol. The van der Waals surface area contributed by atoms with Gasteiger partial charge in [0.25, 0.3) is 11.8 Å². The second kappa shape index (κ2) is 11.2. The second-order valence-corrected chi connectivity index (χ2v) is 7.78. The van der Waals surface area contributed by atoms with Crippen LogP contribution in [0.15, 0.2) is 46.0 Å². The summed E-state index contributed by atoms with van der Waals surface area (Å²) in [4.78, 5) is 66.5. The minimum Gasteiger partial charge on any atom is -0.480 e. The summed E-state index contributed by atoms with van der Waals surface area (Å²) in [5.74, 6) is -2.26. The first-order valence-corrected chi connectivity index (χ1v) is 10.6. The van der Waals surface area contributed by atoms with Crippen LogP contribution in [0, 0.1) is 0 Å². The number of aliphatic hydroxyl groups excluding tert-OH is 2. The van der Waals surface area contributed by atoms with Crippen LogP contribution in [-0.2, 0) is 4.79 Å². The van der Waals surface area contributed by atoms with Gasteiger partial charge in [0, 0.05) is 17.2 Å². The van der Waals surface area contributed by atoms with Crippen molar-refractivity contribution in [3.8, 4) is 0 Å². The predicted octanol–water partition coefficient (Wildman–Crippen LogP) is -1.00. The van der Waals surface area contributed by atoms with Crippen LogP contribution in [0.5, 0.6) is 0 Å². The molecule has 0 saturated heterocycles. The standard InChI is InChI=1S/C11H11N3O5.C11H13N3O3/c15-4-8(10(17)18)12-9(16)5-1-2-6-7(3-5)14-11(19)13-6;1-6(5-15)12-10(16)7-2-3-8-9(4-7)14-11(17)13-8/h1-3,8,15H,4H2,(H,12,16)(H,17,18)(H2,13,14,19);2-4,6,15H,5H2,1H3,(H,12,16)(H2,13,14,17). The number of hydrogen-bond donors (Lipinski definition) is 9. The molecule has 2 heterocycles. The summed E-state index contributed by atoms with van der Waals surface area (Å²) in [6.45, 7) is 0.883. The number of aliphatic carboxylic acids is 1. The number of carbonyl (C=O) groups excluding carboxylic acids is 2. The Morgan fingerprint density at radius 1 is 0.750 bits per heavy atom. The van der Waals surface area contributed by atoms with Gasteiger partial charge in [-0.1, -0.05) is 0 Å². The number of hydrogen-bond acceptors (Lipinski definition) is 7. The van der Waals surface area contributed by atoms with E-state index in [9.17, 15) is 24.0 Å². The van der Waals surface area contributed by atoms with Gasteiger partial charge in [-0.2, -0.15) is 0 Å². The minimum atomic E-state index is -1.37. The van der Waals surface area contributed by atoms with E-state index in [0.717, 1.165) is 0 Å². The third-order valence-corrected chi connectivity index (χ3v) is 4.99. The van der Waals surface area contributed by atoms with E-state index >= 15 is 0 Å². The van der Waals surface area contributed by atoms with Crippen LogP contribution >= 0.6 is 0 Å². The number of fused-ring (bicyclic) bond motifs is 2. The highest BCUT2D eigenvalue weighted by atomic mass is 16.4. The molecular weight excluding hydrogens is 476 g/mol. The number of imidazole rings is 2. The number of benzene rings is 2. The number of nitrogens with one attached hydrogen (secondary N) is 6. The van der Waals surface area contributed by atoms with Gasteiger partial charge in [-0.15, -0.1) is 0 Å². The molecule has 0 aliphatic rings. The second-order valence-electron chi connectivity index (χ2n) is 7.78. The van der Waals surface area contributed by atoms with Crippen molar-refractivity contribution in [3.63, 3.8) is 0 Å². The molecule has 0 aliphatic carbocycles. The van der Waals surface area contributed by atoms with Gasteiger partial charge in [-0.05, 0) is 43.3 Å². The molecule has 0 saturated carbocycles. The fraction of sp³-hybridized carbons (Fsp3) is 0.227. The molecule has 14 nitrogen and oxygen atoms in total. The Morgan fingerprint density at radius 2 is 1.19 bits per heavy atom. The zero-order chi connectivity index (χ0) is 26.4. The maximum Gasteiger partial charge on any atom is 0.328 e. The van der Waals surface area contributed by atoms with Gasteiger partial charge in [-0.25, -0.2) is 14.4 Å². The Kier molecular flexibility index (Phi) is 8.03. The summed E-state index contributed by atoms with van der Waals surface area (Å²) in [5, 5.41) is 31.2. The molecule has 4 aromatic rings. The van der Waals surface area contributed by atoms with Gasteiger partial charge < -0.3 is 45.9 Å². The van der Waals surface area contributed by atoms with E-state index < -0.39 is 30.2 Å². The molecule has 0 bridgehead atoms. The first kappa shape index (κ1) is 25.9. The van der Waals surface area contributed by atoms with E-state index in [2.05, 4.69) is 30.6 Å². The van der Waals surface area contributed by atoms with Gasteiger partial charge in [0.1, 0.15) is 0 Å². The van der Waals surface area contributed by atoms with Crippen LogP contribution in [0.1, 0.15) is 27.6 Å². The molecule has 0 spiro atoms. The topological polar surface area (TPSA) is 233 Å². The zero-order valence-corrected chi connectivity index (χ0v) is 18.9. The third kappa shape index (κ3) is 6.25. The van der Waals surface area contributed by atoms with Crippen molar-refractivity contribution in [1.82, 2.24) is 30.6 Å². The Hall–Kier alpha value is -4.69. The SMILES string of the molecule is CC(CO)NC(=O)c1ccc2[nH]c(=O)[nH]c2c1.O=C(NC(CO)C(=O)O)c1ccc2[nH]c(=O)[nH]c2c1. The van der Waals surface area contributed by atoms with E-state index in [1.54, 1.807) is 25.1 Å². The van der Waals surface area contributed by atoms with Crippen LogP contribution in [0.4, 0.5) is 0 Å². The maximum atomic E-state index is 11.8. The van der Waals surface area contributed by atoms with Crippen LogP contribution in [0.25, 0.3) is 22.1 Å². The number of amides is 2. The van der Waals surface area contributed by atoms with Crippen molar-refractivity contribution in [2.45, 2.75) is 19.0 Å². The van der Waals surface area contributed by atoms with Gasteiger partial charge >= 0.3 is 17.3 Å². The first-order chi connectivity index (χ1) is 17.1. The fourth-order valence-corrected chi connectivity index (χ4v) is 3.13. The molecule has 0 radical (unpaired) electrons. The molecule has 2 atom stereocenters. The first-order valence-electron chi connectivity index (χ1n) is 10.6. The number of aromatic amines is 4. The molecule has 0 fully saturated rings. The summed E-state index contributed by atoms with van der Waals surface area (Å²) in [7, 11) is 0. The van der Waals surface area contributed by atoms with Crippen LogP contribution in [0.2, 0.25) is 0 Å². The molecule has 4 rings (SSSR count). The lowest BCUT2D eigenvalue weighted by atomic mass is 10.1. The summed E-state index contributed by atoms with van der Waals surface area (Å²) in [6, 6.07) is 7.58. The molecule has 9 N–H and O–H groups in total. The van der Waals surface area contributed by atoms with E-state index in [0.29, 0.717) is 27.6 Å². The molecular formula is C22H24N6O8. The van der Waals surface area contributed by atoms with Crippen LogP contribution < -0.4 is 22.0 Å². The molecule has 36 heavy (non-hydrogen) atoms. The largest absolute Gasteiger partial charge is 0.480 e. The quantitative estimate of drug-likeness (QED) is 0.152. The van der Waals surface area contributed by atoms with Crippen molar-refractivity contribution in [3.05, 3.63) is 68.5 Å². The number of aromatic nitrogens is 4. The lowest BCUT2D eigenvalue weighted by molar-refractivity contribution is -0.140. The highest BCUT2D eigenvalue weighted by molar-refractivity contribution is 5.99. The van der Waals surface area contributed by atoms with Gasteiger partial charge in [-0.3, -0.25) is 9.59 Å². The lowest BCUT2D eigenvalue weighted by Crippen LogP contribution is -2.43. The van der Waals surface area contributed by atoms with Crippen molar-refractivity contribution in [1.29, 1.82) is 0 Å². The Balaban J connectivity index is 0.000000202. The Bertz CT molecular complexity index is 1510. The van der Waals surface area contributed by atoms with Crippen molar-refractivity contribution in [2.24, 2.45) is 0 Å². The van der Waals surface area contributed by atoms with Crippen molar-refractivity contribution >= 4 is 39.9 Å². The number of carbonyl (C=O) groups is 3. The van der Waals surface area contributed by atoms with Gasteiger partial charge in [0.05, 0.1) is 35.3 Å². The van der Waals surface area contributed by atoms with Crippen molar-refractivity contribution < 1.29 is 29.7 Å². The lowest BCUT2D eigenvalue weighted by Gasteiger charge is -2.11. The predicted molar refractivity (Wildman–Crippen MR) is 128 cm³/mol. The normalized spacial score (nSPS) is 12.4. The molecule has 2 unspecified atom stereocenters. The van der Waals surface area contributed by atoms with E-state index in [4.69, 9.17) is 15.3 Å². The summed E-state index contributed by atoms with van der Waals surface area (Å²) >= 11 is 0. The summed E-state index contributed by atoms with van der Waals surface area (Å²) in [6.07, 6.45) is 0.